The van der Waals surface area contributed by atoms with Crippen LogP contribution in [0.25, 0.3) is 5.57 Å². The van der Waals surface area contributed by atoms with Gasteiger partial charge in [-0.05, 0) is 56.9 Å². The van der Waals surface area contributed by atoms with E-state index in [2.05, 4.69) is 70.0 Å². The third kappa shape index (κ3) is 4.48. The highest BCUT2D eigenvalue weighted by Crippen LogP contribution is 2.21. The number of aryl methyl sites for hydroxylation is 1. The minimum atomic E-state index is 1.11. The molecule has 0 radical (unpaired) electrons. The first kappa shape index (κ1) is 16.4. The molecule has 0 atom stereocenters. The average molecular weight is 269 g/mol. The van der Waals surface area contributed by atoms with Crippen molar-refractivity contribution in [3.8, 4) is 0 Å². The van der Waals surface area contributed by atoms with Crippen molar-refractivity contribution in [3.63, 3.8) is 0 Å². The van der Waals surface area contributed by atoms with Crippen LogP contribution in [0.15, 0.2) is 46.5 Å². The molecule has 1 rings (SSSR count). The van der Waals surface area contributed by atoms with E-state index >= 15 is 0 Å². The normalized spacial score (nSPS) is 14.3. The van der Waals surface area contributed by atoms with Crippen molar-refractivity contribution < 1.29 is 0 Å². The van der Waals surface area contributed by atoms with Crippen LogP contribution in [0, 0.1) is 6.92 Å². The van der Waals surface area contributed by atoms with Gasteiger partial charge in [-0.25, -0.2) is 0 Å². The van der Waals surface area contributed by atoms with Crippen LogP contribution in [-0.4, -0.2) is 12.8 Å². The number of benzene rings is 1. The fraction of sp³-hybridized carbons (Fsp3) is 0.421. The predicted molar refractivity (Wildman–Crippen MR) is 91.5 cm³/mol. The van der Waals surface area contributed by atoms with Crippen LogP contribution in [0.3, 0.4) is 0 Å². The lowest BCUT2D eigenvalue weighted by Gasteiger charge is -2.10. The molecule has 0 N–H and O–H groups in total. The maximum atomic E-state index is 4.37. The summed E-state index contributed by atoms with van der Waals surface area (Å²) < 4.78 is 0. The first-order valence-electron chi connectivity index (χ1n) is 7.38. The minimum Gasteiger partial charge on any atom is -0.293 e. The van der Waals surface area contributed by atoms with Crippen molar-refractivity contribution in [3.05, 3.63) is 52.6 Å². The molecular formula is C19H27N. The van der Waals surface area contributed by atoms with Crippen LogP contribution >= 0.6 is 0 Å². The van der Waals surface area contributed by atoms with Gasteiger partial charge in [-0.1, -0.05) is 48.7 Å². The zero-order valence-electron chi connectivity index (χ0n) is 13.7. The fourth-order valence-electron chi connectivity index (χ4n) is 2.28. The Balaban J connectivity index is 3.19. The van der Waals surface area contributed by atoms with E-state index in [-0.39, 0.29) is 0 Å². The van der Waals surface area contributed by atoms with Crippen LogP contribution in [0.4, 0.5) is 0 Å². The standard InChI is InChI=1S/C19H27N/c1-7-8-15(3)19(17(5)20-6)13-16(4)18-11-9-14(2)10-12-18/h9-13H,7-8H2,1-6H3/b16-13+,19-15+,20-17?. The van der Waals surface area contributed by atoms with E-state index in [0.29, 0.717) is 0 Å². The summed E-state index contributed by atoms with van der Waals surface area (Å²) in [5.74, 6) is 0. The Bertz CT molecular complexity index is 527. The molecule has 0 aliphatic heterocycles. The average Bonchev–Trinajstić information content (AvgIpc) is 2.44. The summed E-state index contributed by atoms with van der Waals surface area (Å²) >= 11 is 0. The van der Waals surface area contributed by atoms with Gasteiger partial charge >= 0.3 is 0 Å². The molecule has 0 aliphatic carbocycles. The lowest BCUT2D eigenvalue weighted by Crippen LogP contribution is -1.99. The zero-order chi connectivity index (χ0) is 15.1. The SMILES string of the molecule is CCC/C(C)=C(\C=C(/C)c1ccc(C)cc1)C(C)=NC. The summed E-state index contributed by atoms with van der Waals surface area (Å²) in [6.45, 7) is 10.8. The van der Waals surface area contributed by atoms with Crippen molar-refractivity contribution in [1.82, 2.24) is 0 Å². The summed E-state index contributed by atoms with van der Waals surface area (Å²) in [6, 6.07) is 8.70. The van der Waals surface area contributed by atoms with Gasteiger partial charge in [0.05, 0.1) is 0 Å². The Kier molecular flexibility index (Phi) is 6.44. The Morgan fingerprint density at radius 2 is 1.70 bits per heavy atom. The Morgan fingerprint density at radius 1 is 1.10 bits per heavy atom. The van der Waals surface area contributed by atoms with Crippen LogP contribution in [0.5, 0.6) is 0 Å². The first-order chi connectivity index (χ1) is 9.49. The lowest BCUT2D eigenvalue weighted by atomic mass is 9.96. The molecule has 1 heteroatoms. The summed E-state index contributed by atoms with van der Waals surface area (Å²) in [4.78, 5) is 4.37. The van der Waals surface area contributed by atoms with Crippen molar-refractivity contribution in [2.75, 3.05) is 7.05 Å². The van der Waals surface area contributed by atoms with Crippen LogP contribution in [0.1, 0.15) is 51.7 Å². The molecule has 0 saturated heterocycles. The molecule has 1 aromatic carbocycles. The van der Waals surface area contributed by atoms with Gasteiger partial charge in [0.2, 0.25) is 0 Å². The second-order valence-corrected chi connectivity index (χ2v) is 5.45. The number of hydrogen-bond acceptors (Lipinski definition) is 1. The second-order valence-electron chi connectivity index (χ2n) is 5.45. The van der Waals surface area contributed by atoms with Gasteiger partial charge in [0.15, 0.2) is 0 Å². The molecule has 20 heavy (non-hydrogen) atoms. The molecule has 108 valence electrons. The van der Waals surface area contributed by atoms with E-state index in [1.807, 2.05) is 7.05 Å². The van der Waals surface area contributed by atoms with Gasteiger partial charge in [0.1, 0.15) is 0 Å². The zero-order valence-corrected chi connectivity index (χ0v) is 13.7. The number of nitrogens with zero attached hydrogens (tertiary/aromatic N) is 1. The number of rotatable bonds is 5. The third-order valence-corrected chi connectivity index (χ3v) is 3.68. The topological polar surface area (TPSA) is 12.4 Å². The van der Waals surface area contributed by atoms with Crippen LogP contribution in [-0.2, 0) is 0 Å². The quantitative estimate of drug-likeness (QED) is 0.487. The molecule has 0 bridgehead atoms. The molecule has 0 amide bonds. The Hall–Kier alpha value is -1.63. The molecule has 0 heterocycles. The van der Waals surface area contributed by atoms with Gasteiger partial charge in [-0.2, -0.15) is 0 Å². The summed E-state index contributed by atoms with van der Waals surface area (Å²) in [6.07, 6.45) is 4.57. The molecule has 0 saturated carbocycles. The molecule has 0 fully saturated rings. The second kappa shape index (κ2) is 7.84. The molecule has 0 aliphatic rings. The highest BCUT2D eigenvalue weighted by atomic mass is 14.7. The predicted octanol–water partition coefficient (Wildman–Crippen LogP) is 5.61. The largest absolute Gasteiger partial charge is 0.293 e. The molecule has 1 aromatic rings. The first-order valence-corrected chi connectivity index (χ1v) is 7.38. The molecule has 0 unspecified atom stereocenters. The van der Waals surface area contributed by atoms with Crippen LogP contribution < -0.4 is 0 Å². The van der Waals surface area contributed by atoms with Crippen molar-refractivity contribution >= 4 is 11.3 Å². The van der Waals surface area contributed by atoms with E-state index in [1.54, 1.807) is 0 Å². The smallest absolute Gasteiger partial charge is 0.0385 e. The van der Waals surface area contributed by atoms with E-state index in [4.69, 9.17) is 0 Å². The fourth-order valence-corrected chi connectivity index (χ4v) is 2.28. The van der Waals surface area contributed by atoms with Gasteiger partial charge in [-0.3, -0.25) is 4.99 Å². The number of allylic oxidation sites excluding steroid dienone is 4. The van der Waals surface area contributed by atoms with E-state index in [9.17, 15) is 0 Å². The molecule has 0 aromatic heterocycles. The maximum Gasteiger partial charge on any atom is 0.0385 e. The van der Waals surface area contributed by atoms with Gasteiger partial charge < -0.3 is 0 Å². The number of hydrogen-bond donors (Lipinski definition) is 0. The lowest BCUT2D eigenvalue weighted by molar-refractivity contribution is 0.901. The van der Waals surface area contributed by atoms with E-state index in [0.717, 1.165) is 12.1 Å². The molecule has 0 spiro atoms. The number of aliphatic imine (C=N–C) groups is 1. The van der Waals surface area contributed by atoms with E-state index in [1.165, 1.54) is 34.3 Å². The van der Waals surface area contributed by atoms with Crippen molar-refractivity contribution in [1.29, 1.82) is 0 Å². The monoisotopic (exact) mass is 269 g/mol. The highest BCUT2D eigenvalue weighted by molar-refractivity contribution is 6.02. The van der Waals surface area contributed by atoms with Crippen molar-refractivity contribution in [2.45, 2.75) is 47.5 Å². The Morgan fingerprint density at radius 3 is 2.20 bits per heavy atom. The molecular weight excluding hydrogens is 242 g/mol. The third-order valence-electron chi connectivity index (χ3n) is 3.68. The van der Waals surface area contributed by atoms with Gasteiger partial charge in [0, 0.05) is 12.8 Å². The molecule has 1 nitrogen and oxygen atoms in total. The van der Waals surface area contributed by atoms with Crippen molar-refractivity contribution in [2.24, 2.45) is 4.99 Å². The van der Waals surface area contributed by atoms with Crippen LogP contribution in [0.2, 0.25) is 0 Å². The summed E-state index contributed by atoms with van der Waals surface area (Å²) in [5.41, 5.74) is 7.68. The Labute approximate surface area is 124 Å². The van der Waals surface area contributed by atoms with Gasteiger partial charge in [0.25, 0.3) is 0 Å². The summed E-state index contributed by atoms with van der Waals surface area (Å²) in [7, 11) is 1.86. The minimum absolute atomic E-state index is 1.11. The van der Waals surface area contributed by atoms with Gasteiger partial charge in [-0.15, -0.1) is 0 Å². The highest BCUT2D eigenvalue weighted by Gasteiger charge is 2.05. The maximum absolute atomic E-state index is 4.37. The van der Waals surface area contributed by atoms with E-state index < -0.39 is 0 Å². The summed E-state index contributed by atoms with van der Waals surface area (Å²) in [5, 5.41) is 0.